The first-order valence-corrected chi connectivity index (χ1v) is 9.80. The molecule has 1 aliphatic heterocycles. The summed E-state index contributed by atoms with van der Waals surface area (Å²) in [6, 6.07) is 7.26. The highest BCUT2D eigenvalue weighted by molar-refractivity contribution is 5.94. The lowest BCUT2D eigenvalue weighted by Gasteiger charge is -2.36. The Balaban J connectivity index is 1.51. The minimum absolute atomic E-state index is 0.0696. The first-order chi connectivity index (χ1) is 14.4. The fourth-order valence-corrected chi connectivity index (χ4v) is 3.42. The zero-order chi connectivity index (χ0) is 21.4. The molecule has 2 aromatic heterocycles. The number of methoxy groups -OCH3 is 2. The van der Waals surface area contributed by atoms with Crippen molar-refractivity contribution in [3.8, 4) is 22.8 Å². The molecule has 1 saturated heterocycles. The number of rotatable bonds is 6. The first kappa shape index (κ1) is 19.9. The van der Waals surface area contributed by atoms with Gasteiger partial charge in [0.15, 0.2) is 5.82 Å². The molecule has 0 saturated carbocycles. The number of benzene rings is 1. The Morgan fingerprint density at radius 3 is 2.60 bits per heavy atom. The third-order valence-electron chi connectivity index (χ3n) is 5.27. The van der Waals surface area contributed by atoms with Crippen molar-refractivity contribution < 1.29 is 18.8 Å². The summed E-state index contributed by atoms with van der Waals surface area (Å²) in [7, 11) is 4.96. The molecule has 30 heavy (non-hydrogen) atoms. The van der Waals surface area contributed by atoms with E-state index in [0.717, 1.165) is 5.56 Å². The van der Waals surface area contributed by atoms with Crippen LogP contribution >= 0.6 is 0 Å². The van der Waals surface area contributed by atoms with Crippen LogP contribution in [0.4, 0.5) is 0 Å². The van der Waals surface area contributed by atoms with Gasteiger partial charge in [-0.1, -0.05) is 19.0 Å². The summed E-state index contributed by atoms with van der Waals surface area (Å²) in [4.78, 5) is 19.2. The molecule has 1 fully saturated rings. The fourth-order valence-electron chi connectivity index (χ4n) is 3.42. The van der Waals surface area contributed by atoms with Crippen LogP contribution in [0.5, 0.6) is 11.5 Å². The Kier molecular flexibility index (Phi) is 5.19. The zero-order valence-corrected chi connectivity index (χ0v) is 17.7. The van der Waals surface area contributed by atoms with Crippen LogP contribution in [0.3, 0.4) is 0 Å². The van der Waals surface area contributed by atoms with Crippen LogP contribution in [0.2, 0.25) is 0 Å². The van der Waals surface area contributed by atoms with Gasteiger partial charge in [-0.05, 0) is 24.3 Å². The number of likely N-dealkylation sites (tertiary alicyclic amines) is 1. The number of amides is 1. The van der Waals surface area contributed by atoms with Gasteiger partial charge in [0.05, 0.1) is 25.8 Å². The van der Waals surface area contributed by atoms with Gasteiger partial charge in [-0.15, -0.1) is 0 Å². The van der Waals surface area contributed by atoms with Crippen LogP contribution in [-0.2, 0) is 7.05 Å². The molecule has 9 heteroatoms. The fraction of sp³-hybridized carbons (Fsp3) is 0.429. The summed E-state index contributed by atoms with van der Waals surface area (Å²) in [6.07, 6.45) is 0. The molecule has 0 unspecified atom stereocenters. The van der Waals surface area contributed by atoms with E-state index in [-0.39, 0.29) is 17.7 Å². The maximum absolute atomic E-state index is 13.0. The predicted molar refractivity (Wildman–Crippen MR) is 109 cm³/mol. The lowest BCUT2D eigenvalue weighted by atomic mass is 9.99. The average Bonchev–Trinajstić information content (AvgIpc) is 3.33. The normalized spacial score (nSPS) is 14.1. The van der Waals surface area contributed by atoms with Gasteiger partial charge in [-0.3, -0.25) is 9.48 Å². The lowest BCUT2D eigenvalue weighted by molar-refractivity contribution is 0.0558. The van der Waals surface area contributed by atoms with Crippen molar-refractivity contribution in [2.24, 2.45) is 7.05 Å². The standard InChI is InChI=1S/C21H25N5O4/c1-12(2)19-22-20(30-24-19)13-10-26(11-13)21(27)17-9-16(23-25(17)3)15-8-14(28-4)6-7-18(15)29-5/h6-9,12-13H,10-11H2,1-5H3. The Hall–Kier alpha value is -3.36. The van der Waals surface area contributed by atoms with E-state index in [1.165, 1.54) is 0 Å². The quantitative estimate of drug-likeness (QED) is 0.615. The Morgan fingerprint density at radius 2 is 1.97 bits per heavy atom. The molecule has 0 bridgehead atoms. The highest BCUT2D eigenvalue weighted by Crippen LogP contribution is 2.34. The summed E-state index contributed by atoms with van der Waals surface area (Å²) in [5, 5.41) is 8.52. The number of carbonyl (C=O) groups is 1. The van der Waals surface area contributed by atoms with Crippen molar-refractivity contribution >= 4 is 5.91 Å². The number of hydrogen-bond acceptors (Lipinski definition) is 7. The lowest BCUT2D eigenvalue weighted by Crippen LogP contribution is -2.49. The van der Waals surface area contributed by atoms with Crippen LogP contribution < -0.4 is 9.47 Å². The van der Waals surface area contributed by atoms with E-state index in [1.54, 1.807) is 36.9 Å². The molecule has 0 radical (unpaired) electrons. The van der Waals surface area contributed by atoms with Gasteiger partial charge in [0, 0.05) is 31.6 Å². The number of nitrogens with zero attached hydrogens (tertiary/aromatic N) is 5. The van der Waals surface area contributed by atoms with Crippen molar-refractivity contribution in [2.75, 3.05) is 27.3 Å². The topological polar surface area (TPSA) is 95.5 Å². The molecule has 0 spiro atoms. The summed E-state index contributed by atoms with van der Waals surface area (Å²) >= 11 is 0. The molecular formula is C21H25N5O4. The van der Waals surface area contributed by atoms with Gasteiger partial charge in [0.2, 0.25) is 5.89 Å². The van der Waals surface area contributed by atoms with Crippen molar-refractivity contribution in [3.63, 3.8) is 0 Å². The molecule has 0 atom stereocenters. The molecule has 3 aromatic rings. The van der Waals surface area contributed by atoms with E-state index in [2.05, 4.69) is 15.2 Å². The van der Waals surface area contributed by atoms with Gasteiger partial charge in [-0.25, -0.2) is 0 Å². The predicted octanol–water partition coefficient (Wildman–Crippen LogP) is 2.85. The van der Waals surface area contributed by atoms with E-state index < -0.39 is 0 Å². The van der Waals surface area contributed by atoms with Crippen molar-refractivity contribution in [2.45, 2.75) is 25.7 Å². The van der Waals surface area contributed by atoms with E-state index >= 15 is 0 Å². The van der Waals surface area contributed by atoms with Gasteiger partial charge < -0.3 is 18.9 Å². The number of aryl methyl sites for hydroxylation is 1. The maximum atomic E-state index is 13.0. The van der Waals surface area contributed by atoms with E-state index in [0.29, 0.717) is 47.7 Å². The summed E-state index contributed by atoms with van der Waals surface area (Å²) in [6.45, 7) is 5.12. The summed E-state index contributed by atoms with van der Waals surface area (Å²) < 4.78 is 17.7. The van der Waals surface area contributed by atoms with E-state index in [1.807, 2.05) is 32.0 Å². The maximum Gasteiger partial charge on any atom is 0.272 e. The largest absolute Gasteiger partial charge is 0.497 e. The molecule has 0 N–H and O–H groups in total. The van der Waals surface area contributed by atoms with Crippen LogP contribution in [0.1, 0.15) is 47.9 Å². The second-order valence-electron chi connectivity index (χ2n) is 7.66. The SMILES string of the molecule is COc1ccc(OC)c(-c2cc(C(=O)N3CC(c4nc(C(C)C)no4)C3)n(C)n2)c1. The van der Waals surface area contributed by atoms with Crippen molar-refractivity contribution in [1.82, 2.24) is 24.8 Å². The van der Waals surface area contributed by atoms with Crippen LogP contribution in [0.15, 0.2) is 28.8 Å². The monoisotopic (exact) mass is 411 g/mol. The van der Waals surface area contributed by atoms with Gasteiger partial charge in [0.1, 0.15) is 17.2 Å². The second-order valence-corrected chi connectivity index (χ2v) is 7.66. The molecule has 9 nitrogen and oxygen atoms in total. The average molecular weight is 411 g/mol. The summed E-state index contributed by atoms with van der Waals surface area (Å²) in [5.41, 5.74) is 1.91. The number of aromatic nitrogens is 4. The highest BCUT2D eigenvalue weighted by Gasteiger charge is 2.37. The van der Waals surface area contributed by atoms with E-state index in [4.69, 9.17) is 14.0 Å². The Labute approximate surface area is 174 Å². The smallest absolute Gasteiger partial charge is 0.272 e. The van der Waals surface area contributed by atoms with E-state index in [9.17, 15) is 4.79 Å². The number of hydrogen-bond donors (Lipinski definition) is 0. The molecule has 158 valence electrons. The number of carbonyl (C=O) groups excluding carboxylic acids is 1. The summed E-state index contributed by atoms with van der Waals surface area (Å²) in [5.74, 6) is 2.83. The van der Waals surface area contributed by atoms with Crippen LogP contribution in [0, 0.1) is 0 Å². The van der Waals surface area contributed by atoms with Crippen LogP contribution in [0.25, 0.3) is 11.3 Å². The Bertz CT molecular complexity index is 1070. The Morgan fingerprint density at radius 1 is 1.20 bits per heavy atom. The van der Waals surface area contributed by atoms with Gasteiger partial charge in [-0.2, -0.15) is 10.1 Å². The van der Waals surface area contributed by atoms with Crippen molar-refractivity contribution in [3.05, 3.63) is 41.7 Å². The molecule has 1 aromatic carbocycles. The molecule has 4 rings (SSSR count). The minimum Gasteiger partial charge on any atom is -0.497 e. The molecular weight excluding hydrogens is 386 g/mol. The van der Waals surface area contributed by atoms with Crippen molar-refractivity contribution in [1.29, 1.82) is 0 Å². The molecule has 1 amide bonds. The molecule has 1 aliphatic rings. The first-order valence-electron chi connectivity index (χ1n) is 9.80. The second kappa shape index (κ2) is 7.81. The number of ether oxygens (including phenoxy) is 2. The van der Waals surface area contributed by atoms with Gasteiger partial charge >= 0.3 is 0 Å². The minimum atomic E-state index is -0.0852. The van der Waals surface area contributed by atoms with Gasteiger partial charge in [0.25, 0.3) is 5.91 Å². The third-order valence-corrected chi connectivity index (χ3v) is 5.27. The molecule has 3 heterocycles. The zero-order valence-electron chi connectivity index (χ0n) is 17.7. The van der Waals surface area contributed by atoms with Crippen LogP contribution in [-0.4, -0.2) is 58.0 Å². The molecule has 0 aliphatic carbocycles. The highest BCUT2D eigenvalue weighted by atomic mass is 16.5. The third kappa shape index (κ3) is 3.51.